The van der Waals surface area contributed by atoms with Crippen LogP contribution in [0.2, 0.25) is 0 Å². The Morgan fingerprint density at radius 3 is 2.29 bits per heavy atom. The van der Waals surface area contributed by atoms with Crippen LogP contribution < -0.4 is 4.74 Å². The first-order valence-corrected chi connectivity index (χ1v) is 5.15. The van der Waals surface area contributed by atoms with Gasteiger partial charge in [0.1, 0.15) is 5.75 Å². The zero-order chi connectivity index (χ0) is 10.6. The van der Waals surface area contributed by atoms with E-state index in [9.17, 15) is 0 Å². The van der Waals surface area contributed by atoms with Gasteiger partial charge in [-0.05, 0) is 26.2 Å². The molecule has 0 spiro atoms. The van der Waals surface area contributed by atoms with Crippen molar-refractivity contribution in [3.63, 3.8) is 0 Å². The summed E-state index contributed by atoms with van der Waals surface area (Å²) in [4.78, 5) is 4.11. The summed E-state index contributed by atoms with van der Waals surface area (Å²) in [5, 5.41) is 0. The third kappa shape index (κ3) is 3.02. The molecule has 1 aromatic rings. The zero-order valence-electron chi connectivity index (χ0n) is 9.50. The van der Waals surface area contributed by atoms with Gasteiger partial charge in [0, 0.05) is 23.5 Å². The molecule has 0 saturated heterocycles. The van der Waals surface area contributed by atoms with E-state index >= 15 is 0 Å². The Balaban J connectivity index is 2.58. The van der Waals surface area contributed by atoms with Gasteiger partial charge < -0.3 is 4.74 Å². The fourth-order valence-corrected chi connectivity index (χ4v) is 1.31. The molecule has 1 heterocycles. The number of hydrogen-bond acceptors (Lipinski definition) is 2. The SMILES string of the molecule is Cc1cncc(C)c1OCCC(C)C. The molecule has 78 valence electrons. The maximum absolute atomic E-state index is 5.74. The van der Waals surface area contributed by atoms with Crippen molar-refractivity contribution in [1.82, 2.24) is 4.98 Å². The van der Waals surface area contributed by atoms with Crippen LogP contribution in [0.5, 0.6) is 5.75 Å². The summed E-state index contributed by atoms with van der Waals surface area (Å²) in [6, 6.07) is 0. The normalized spacial score (nSPS) is 10.6. The van der Waals surface area contributed by atoms with Gasteiger partial charge in [-0.1, -0.05) is 13.8 Å². The van der Waals surface area contributed by atoms with Gasteiger partial charge in [-0.3, -0.25) is 4.98 Å². The first-order chi connectivity index (χ1) is 6.61. The summed E-state index contributed by atoms with van der Waals surface area (Å²) in [7, 11) is 0. The lowest BCUT2D eigenvalue weighted by atomic mass is 10.1. The van der Waals surface area contributed by atoms with E-state index in [4.69, 9.17) is 4.74 Å². The summed E-state index contributed by atoms with van der Waals surface area (Å²) < 4.78 is 5.74. The zero-order valence-corrected chi connectivity index (χ0v) is 9.50. The van der Waals surface area contributed by atoms with Crippen molar-refractivity contribution in [3.05, 3.63) is 23.5 Å². The second kappa shape index (κ2) is 4.99. The Morgan fingerprint density at radius 1 is 1.21 bits per heavy atom. The monoisotopic (exact) mass is 193 g/mol. The highest BCUT2D eigenvalue weighted by atomic mass is 16.5. The van der Waals surface area contributed by atoms with E-state index in [1.54, 1.807) is 0 Å². The minimum absolute atomic E-state index is 0.692. The molecule has 1 rings (SSSR count). The summed E-state index contributed by atoms with van der Waals surface area (Å²) in [5.41, 5.74) is 2.24. The van der Waals surface area contributed by atoms with Crippen LogP contribution in [-0.2, 0) is 0 Å². The van der Waals surface area contributed by atoms with Crippen molar-refractivity contribution >= 4 is 0 Å². The van der Waals surface area contributed by atoms with Crippen molar-refractivity contribution in [2.75, 3.05) is 6.61 Å². The van der Waals surface area contributed by atoms with Gasteiger partial charge in [0.15, 0.2) is 0 Å². The largest absolute Gasteiger partial charge is 0.493 e. The van der Waals surface area contributed by atoms with Crippen LogP contribution in [0.4, 0.5) is 0 Å². The Morgan fingerprint density at radius 2 is 1.79 bits per heavy atom. The smallest absolute Gasteiger partial charge is 0.128 e. The summed E-state index contributed by atoms with van der Waals surface area (Å²) in [5.74, 6) is 1.69. The van der Waals surface area contributed by atoms with Crippen LogP contribution in [0.25, 0.3) is 0 Å². The summed E-state index contributed by atoms with van der Waals surface area (Å²) in [6.07, 6.45) is 4.79. The quantitative estimate of drug-likeness (QED) is 0.733. The van der Waals surface area contributed by atoms with Crippen molar-refractivity contribution in [3.8, 4) is 5.75 Å². The molecule has 2 nitrogen and oxygen atoms in total. The van der Waals surface area contributed by atoms with Crippen molar-refractivity contribution in [2.24, 2.45) is 5.92 Å². The summed E-state index contributed by atoms with van der Waals surface area (Å²) in [6.45, 7) is 9.27. The third-order valence-corrected chi connectivity index (χ3v) is 2.19. The fraction of sp³-hybridized carbons (Fsp3) is 0.583. The van der Waals surface area contributed by atoms with Crippen molar-refractivity contribution < 1.29 is 4.74 Å². The molecule has 2 heteroatoms. The highest BCUT2D eigenvalue weighted by Gasteiger charge is 2.03. The van der Waals surface area contributed by atoms with E-state index in [1.165, 1.54) is 0 Å². The van der Waals surface area contributed by atoms with Crippen LogP contribution in [-0.4, -0.2) is 11.6 Å². The molecule has 0 fully saturated rings. The molecule has 0 radical (unpaired) electrons. The van der Waals surface area contributed by atoms with Crippen LogP contribution in [0.15, 0.2) is 12.4 Å². The third-order valence-electron chi connectivity index (χ3n) is 2.19. The lowest BCUT2D eigenvalue weighted by Gasteiger charge is -2.12. The molecule has 0 aromatic carbocycles. The van der Waals surface area contributed by atoms with Gasteiger partial charge in [-0.25, -0.2) is 0 Å². The Bertz CT molecular complexity index is 274. The van der Waals surface area contributed by atoms with Crippen LogP contribution in [0.1, 0.15) is 31.4 Å². The number of nitrogens with zero attached hydrogens (tertiary/aromatic N) is 1. The second-order valence-electron chi connectivity index (χ2n) is 4.13. The maximum atomic E-state index is 5.74. The van der Waals surface area contributed by atoms with E-state index in [2.05, 4.69) is 18.8 Å². The first kappa shape index (κ1) is 11.0. The number of aromatic nitrogens is 1. The van der Waals surface area contributed by atoms with Gasteiger partial charge in [0.2, 0.25) is 0 Å². The van der Waals surface area contributed by atoms with Crippen molar-refractivity contribution in [2.45, 2.75) is 34.1 Å². The number of rotatable bonds is 4. The molecule has 0 saturated carbocycles. The highest BCUT2D eigenvalue weighted by molar-refractivity contribution is 5.36. The molecule has 0 atom stereocenters. The minimum atomic E-state index is 0.692. The van der Waals surface area contributed by atoms with Crippen LogP contribution >= 0.6 is 0 Å². The first-order valence-electron chi connectivity index (χ1n) is 5.15. The Labute approximate surface area is 86.3 Å². The minimum Gasteiger partial charge on any atom is -0.493 e. The summed E-state index contributed by atoms with van der Waals surface area (Å²) >= 11 is 0. The molecule has 0 aliphatic heterocycles. The maximum Gasteiger partial charge on any atom is 0.128 e. The molecule has 0 bridgehead atoms. The van der Waals surface area contributed by atoms with Gasteiger partial charge in [0.25, 0.3) is 0 Å². The number of aryl methyl sites for hydroxylation is 2. The van der Waals surface area contributed by atoms with E-state index in [1.807, 2.05) is 26.2 Å². The van der Waals surface area contributed by atoms with Gasteiger partial charge in [0.05, 0.1) is 6.61 Å². The van der Waals surface area contributed by atoms with E-state index in [-0.39, 0.29) is 0 Å². The molecule has 0 aliphatic rings. The van der Waals surface area contributed by atoms with E-state index < -0.39 is 0 Å². The topological polar surface area (TPSA) is 22.1 Å². The van der Waals surface area contributed by atoms with Gasteiger partial charge in [-0.15, -0.1) is 0 Å². The molecule has 0 amide bonds. The number of hydrogen-bond donors (Lipinski definition) is 0. The molecular formula is C12H19NO. The highest BCUT2D eigenvalue weighted by Crippen LogP contribution is 2.21. The van der Waals surface area contributed by atoms with Crippen molar-refractivity contribution in [1.29, 1.82) is 0 Å². The predicted octanol–water partition coefficient (Wildman–Crippen LogP) is 3.12. The average Bonchev–Trinajstić information content (AvgIpc) is 2.09. The lowest BCUT2D eigenvalue weighted by Crippen LogP contribution is -2.03. The van der Waals surface area contributed by atoms with E-state index in [0.717, 1.165) is 29.9 Å². The van der Waals surface area contributed by atoms with Gasteiger partial charge in [-0.2, -0.15) is 0 Å². The second-order valence-corrected chi connectivity index (χ2v) is 4.13. The molecule has 0 N–H and O–H groups in total. The number of ether oxygens (including phenoxy) is 1. The molecule has 0 aliphatic carbocycles. The van der Waals surface area contributed by atoms with Crippen LogP contribution in [0.3, 0.4) is 0 Å². The van der Waals surface area contributed by atoms with Crippen LogP contribution in [0, 0.1) is 19.8 Å². The Hall–Kier alpha value is -1.05. The number of pyridine rings is 1. The molecule has 1 aromatic heterocycles. The Kier molecular flexibility index (Phi) is 3.93. The molecule has 0 unspecified atom stereocenters. The molecule has 14 heavy (non-hydrogen) atoms. The predicted molar refractivity (Wildman–Crippen MR) is 58.7 cm³/mol. The molecular weight excluding hydrogens is 174 g/mol. The lowest BCUT2D eigenvalue weighted by molar-refractivity contribution is 0.285. The average molecular weight is 193 g/mol. The fourth-order valence-electron chi connectivity index (χ4n) is 1.31. The van der Waals surface area contributed by atoms with Gasteiger partial charge >= 0.3 is 0 Å². The standard InChI is InChI=1S/C12H19NO/c1-9(2)5-6-14-12-10(3)7-13-8-11(12)4/h7-9H,5-6H2,1-4H3. The van der Waals surface area contributed by atoms with E-state index in [0.29, 0.717) is 5.92 Å².